The maximum absolute atomic E-state index is 12.5. The van der Waals surface area contributed by atoms with Crippen molar-refractivity contribution in [1.29, 1.82) is 0 Å². The van der Waals surface area contributed by atoms with Crippen LogP contribution in [0.15, 0.2) is 47.9 Å². The number of aromatic nitrogens is 2. The number of urea groups is 1. The second-order valence-electron chi connectivity index (χ2n) is 5.66. The Kier molecular flexibility index (Phi) is 4.76. The fraction of sp³-hybridized carbons (Fsp3) is 0.375. The highest BCUT2D eigenvalue weighted by Crippen LogP contribution is 2.21. The van der Waals surface area contributed by atoms with E-state index in [-0.39, 0.29) is 12.1 Å². The van der Waals surface area contributed by atoms with E-state index in [1.165, 1.54) is 0 Å². The van der Waals surface area contributed by atoms with Crippen LogP contribution in [0.4, 0.5) is 10.5 Å². The van der Waals surface area contributed by atoms with Crippen molar-refractivity contribution in [2.45, 2.75) is 30.3 Å². The molecular formula is C16H20N4O2S. The van der Waals surface area contributed by atoms with Crippen molar-refractivity contribution in [2.75, 3.05) is 18.1 Å². The van der Waals surface area contributed by atoms with Crippen LogP contribution in [0.2, 0.25) is 0 Å². The number of carbonyl (C=O) groups is 1. The van der Waals surface area contributed by atoms with E-state index in [4.69, 9.17) is 0 Å². The predicted octanol–water partition coefficient (Wildman–Crippen LogP) is 2.32. The third-order valence-corrected chi connectivity index (χ3v) is 4.99. The molecule has 23 heavy (non-hydrogen) atoms. The standard InChI is InChI=1S/C16H20N4O2S/c1-23(22)15-6-4-13(5-7-15)18-16(21)20-9-2-3-14(20)11-19-10-8-17-12-19/h4-8,10,12,14H,2-3,9,11H2,1H3,(H,18,21). The number of benzene rings is 1. The summed E-state index contributed by atoms with van der Waals surface area (Å²) in [5.41, 5.74) is 0.720. The second kappa shape index (κ2) is 6.95. The molecule has 7 heteroatoms. The zero-order chi connectivity index (χ0) is 16.2. The highest BCUT2D eigenvalue weighted by molar-refractivity contribution is 7.84. The van der Waals surface area contributed by atoms with E-state index in [1.54, 1.807) is 43.0 Å². The van der Waals surface area contributed by atoms with Gasteiger partial charge in [-0.15, -0.1) is 0 Å². The topological polar surface area (TPSA) is 67.2 Å². The summed E-state index contributed by atoms with van der Waals surface area (Å²) in [6.07, 6.45) is 9.09. The van der Waals surface area contributed by atoms with Gasteiger partial charge in [-0.3, -0.25) is 4.21 Å². The summed E-state index contributed by atoms with van der Waals surface area (Å²) in [5.74, 6) is 0. The maximum atomic E-state index is 12.5. The Hall–Kier alpha value is -2.15. The van der Waals surface area contributed by atoms with E-state index in [2.05, 4.69) is 10.3 Å². The van der Waals surface area contributed by atoms with Crippen LogP contribution in [0.25, 0.3) is 0 Å². The Morgan fingerprint density at radius 3 is 2.83 bits per heavy atom. The summed E-state index contributed by atoms with van der Waals surface area (Å²) in [5, 5.41) is 2.92. The molecule has 1 aromatic carbocycles. The van der Waals surface area contributed by atoms with Gasteiger partial charge >= 0.3 is 6.03 Å². The molecule has 0 aliphatic carbocycles. The molecule has 2 atom stereocenters. The molecule has 1 N–H and O–H groups in total. The number of rotatable bonds is 4. The highest BCUT2D eigenvalue weighted by Gasteiger charge is 2.28. The van der Waals surface area contributed by atoms with Crippen molar-refractivity contribution >= 4 is 22.5 Å². The van der Waals surface area contributed by atoms with Crippen LogP contribution < -0.4 is 5.32 Å². The maximum Gasteiger partial charge on any atom is 0.322 e. The fourth-order valence-electron chi connectivity index (χ4n) is 2.86. The SMILES string of the molecule is CS(=O)c1ccc(NC(=O)N2CCCC2Cn2ccnc2)cc1. The van der Waals surface area contributed by atoms with Crippen molar-refractivity contribution < 1.29 is 9.00 Å². The molecule has 1 aromatic heterocycles. The molecule has 2 unspecified atom stereocenters. The second-order valence-corrected chi connectivity index (χ2v) is 7.04. The smallest absolute Gasteiger partial charge is 0.322 e. The van der Waals surface area contributed by atoms with Crippen molar-refractivity contribution in [1.82, 2.24) is 14.5 Å². The van der Waals surface area contributed by atoms with Gasteiger partial charge in [0.15, 0.2) is 0 Å². The molecule has 2 aromatic rings. The number of imidazole rings is 1. The first kappa shape index (κ1) is 15.7. The number of nitrogens with zero attached hydrogens (tertiary/aromatic N) is 3. The van der Waals surface area contributed by atoms with Gasteiger partial charge in [0.1, 0.15) is 0 Å². The van der Waals surface area contributed by atoms with Crippen LogP contribution in [0.5, 0.6) is 0 Å². The number of nitrogens with one attached hydrogen (secondary N) is 1. The molecule has 0 spiro atoms. The Labute approximate surface area is 138 Å². The van der Waals surface area contributed by atoms with Crippen LogP contribution in [0.1, 0.15) is 12.8 Å². The van der Waals surface area contributed by atoms with Crippen LogP contribution >= 0.6 is 0 Å². The first-order chi connectivity index (χ1) is 11.1. The first-order valence-corrected chi connectivity index (χ1v) is 9.16. The van der Waals surface area contributed by atoms with Crippen LogP contribution in [-0.4, -0.2) is 43.5 Å². The molecule has 122 valence electrons. The van der Waals surface area contributed by atoms with Crippen molar-refractivity contribution in [3.63, 3.8) is 0 Å². The molecule has 1 aliphatic rings. The van der Waals surface area contributed by atoms with Crippen LogP contribution in [0, 0.1) is 0 Å². The fourth-order valence-corrected chi connectivity index (χ4v) is 3.38. The lowest BCUT2D eigenvalue weighted by atomic mass is 10.2. The molecule has 0 radical (unpaired) electrons. The minimum atomic E-state index is -1.01. The van der Waals surface area contributed by atoms with Gasteiger partial charge in [0.25, 0.3) is 0 Å². The lowest BCUT2D eigenvalue weighted by Gasteiger charge is -2.25. The monoisotopic (exact) mass is 332 g/mol. The quantitative estimate of drug-likeness (QED) is 0.934. The Balaban J connectivity index is 1.63. The largest absolute Gasteiger partial charge is 0.335 e. The van der Waals surface area contributed by atoms with Gasteiger partial charge in [0, 0.05) is 53.1 Å². The molecule has 6 nitrogen and oxygen atoms in total. The van der Waals surface area contributed by atoms with Gasteiger partial charge in [-0.05, 0) is 37.1 Å². The Bertz CT molecular complexity index is 685. The average molecular weight is 332 g/mol. The summed E-state index contributed by atoms with van der Waals surface area (Å²) in [6.45, 7) is 1.53. The molecule has 1 aliphatic heterocycles. The van der Waals surface area contributed by atoms with Gasteiger partial charge in [0.05, 0.1) is 12.4 Å². The lowest BCUT2D eigenvalue weighted by Crippen LogP contribution is -2.40. The van der Waals surface area contributed by atoms with Gasteiger partial charge in [-0.1, -0.05) is 0 Å². The molecular weight excluding hydrogens is 312 g/mol. The number of amides is 2. The molecule has 1 fully saturated rings. The normalized spacial score (nSPS) is 18.8. The number of hydrogen-bond donors (Lipinski definition) is 1. The summed E-state index contributed by atoms with van der Waals surface area (Å²) in [4.78, 5) is 19.2. The minimum absolute atomic E-state index is 0.0852. The van der Waals surface area contributed by atoms with Gasteiger partial charge < -0.3 is 14.8 Å². The van der Waals surface area contributed by atoms with Crippen molar-refractivity contribution in [3.8, 4) is 0 Å². The van der Waals surface area contributed by atoms with Gasteiger partial charge in [-0.25, -0.2) is 9.78 Å². The van der Waals surface area contributed by atoms with Crippen molar-refractivity contribution in [3.05, 3.63) is 43.0 Å². The average Bonchev–Trinajstić information content (AvgIpc) is 3.20. The zero-order valence-corrected chi connectivity index (χ0v) is 13.8. The molecule has 2 amide bonds. The van der Waals surface area contributed by atoms with Gasteiger partial charge in [-0.2, -0.15) is 0 Å². The van der Waals surface area contributed by atoms with E-state index in [9.17, 15) is 9.00 Å². The molecule has 0 saturated carbocycles. The van der Waals surface area contributed by atoms with E-state index < -0.39 is 10.8 Å². The van der Waals surface area contributed by atoms with Crippen LogP contribution in [0.3, 0.4) is 0 Å². The third-order valence-electron chi connectivity index (χ3n) is 4.06. The minimum Gasteiger partial charge on any atom is -0.335 e. The van der Waals surface area contributed by atoms with E-state index in [0.29, 0.717) is 0 Å². The third kappa shape index (κ3) is 3.79. The summed E-state index contributed by atoms with van der Waals surface area (Å²) < 4.78 is 13.4. The molecule has 2 heterocycles. The Morgan fingerprint density at radius 2 is 2.17 bits per heavy atom. The number of anilines is 1. The summed E-state index contributed by atoms with van der Waals surface area (Å²) in [6, 6.07) is 7.23. The van der Waals surface area contributed by atoms with E-state index in [1.807, 2.05) is 15.7 Å². The zero-order valence-electron chi connectivity index (χ0n) is 13.0. The highest BCUT2D eigenvalue weighted by atomic mass is 32.2. The number of likely N-dealkylation sites (tertiary alicyclic amines) is 1. The predicted molar refractivity (Wildman–Crippen MR) is 89.7 cm³/mol. The number of hydrogen-bond acceptors (Lipinski definition) is 3. The van der Waals surface area contributed by atoms with Gasteiger partial charge in [0.2, 0.25) is 0 Å². The summed E-state index contributed by atoms with van der Waals surface area (Å²) >= 11 is 0. The molecule has 3 rings (SSSR count). The Morgan fingerprint density at radius 1 is 1.39 bits per heavy atom. The van der Waals surface area contributed by atoms with E-state index >= 15 is 0 Å². The first-order valence-electron chi connectivity index (χ1n) is 7.60. The summed E-state index contributed by atoms with van der Waals surface area (Å²) in [7, 11) is -1.01. The number of carbonyl (C=O) groups excluding carboxylic acids is 1. The molecule has 1 saturated heterocycles. The molecule has 0 bridgehead atoms. The van der Waals surface area contributed by atoms with Crippen LogP contribution in [-0.2, 0) is 17.3 Å². The lowest BCUT2D eigenvalue weighted by molar-refractivity contribution is 0.201. The van der Waals surface area contributed by atoms with E-state index in [0.717, 1.165) is 36.5 Å². The van der Waals surface area contributed by atoms with Crippen molar-refractivity contribution in [2.24, 2.45) is 0 Å².